The van der Waals surface area contributed by atoms with Gasteiger partial charge in [0.15, 0.2) is 21.4 Å². The molecule has 11 heteroatoms. The number of rotatable bonds is 5. The number of hydrogen-bond donors (Lipinski definition) is 1. The Morgan fingerprint density at radius 1 is 1.08 bits per heavy atom. The molecule has 0 aliphatic rings. The van der Waals surface area contributed by atoms with Crippen LogP contribution in [0, 0.1) is 0 Å². The summed E-state index contributed by atoms with van der Waals surface area (Å²) >= 11 is 11.8. The van der Waals surface area contributed by atoms with Gasteiger partial charge in [-0.1, -0.05) is 30.1 Å². The number of aromatic hydroxyl groups is 1. The zero-order chi connectivity index (χ0) is 19.0. The summed E-state index contributed by atoms with van der Waals surface area (Å²) in [5, 5.41) is 10.5. The average Bonchev–Trinajstić information content (AvgIpc) is 2.46. The topological polar surface area (TPSA) is 105 Å². The molecule has 0 atom stereocenters. The molecule has 0 saturated carbocycles. The fourth-order valence-electron chi connectivity index (χ4n) is 2.05. The van der Waals surface area contributed by atoms with Crippen molar-refractivity contribution in [1.82, 2.24) is 4.98 Å². The van der Waals surface area contributed by atoms with Gasteiger partial charge in [0.1, 0.15) is 0 Å². The van der Waals surface area contributed by atoms with Gasteiger partial charge in [-0.2, -0.15) is 0 Å². The van der Waals surface area contributed by atoms with E-state index in [2.05, 4.69) is 4.98 Å². The number of sulfonamides is 1. The van der Waals surface area contributed by atoms with Crippen molar-refractivity contribution in [1.29, 1.82) is 0 Å². The number of aromatic nitrogens is 1. The van der Waals surface area contributed by atoms with Gasteiger partial charge < -0.3 is 5.11 Å². The zero-order valence-electron chi connectivity index (χ0n) is 13.1. The summed E-state index contributed by atoms with van der Waals surface area (Å²) < 4.78 is 48.9. The summed E-state index contributed by atoms with van der Waals surface area (Å²) in [5.41, 5.74) is 0.0499. The van der Waals surface area contributed by atoms with E-state index in [-0.39, 0.29) is 32.2 Å². The van der Waals surface area contributed by atoms with Crippen LogP contribution >= 0.6 is 23.2 Å². The number of anilines is 2. The highest BCUT2D eigenvalue weighted by Crippen LogP contribution is 2.37. The fourth-order valence-corrected chi connectivity index (χ4v) is 4.34. The minimum atomic E-state index is -3.94. The van der Waals surface area contributed by atoms with Crippen molar-refractivity contribution in [2.75, 3.05) is 16.3 Å². The van der Waals surface area contributed by atoms with Gasteiger partial charge in [0.25, 0.3) is 0 Å². The van der Waals surface area contributed by atoms with Crippen LogP contribution in [0.5, 0.6) is 5.75 Å². The second kappa shape index (κ2) is 6.99. The smallest absolute Gasteiger partial charge is 0.237 e. The number of hydrogen-bond acceptors (Lipinski definition) is 6. The molecule has 0 radical (unpaired) electrons. The molecule has 0 amide bonds. The predicted molar refractivity (Wildman–Crippen MR) is 97.1 cm³/mol. The molecule has 0 saturated heterocycles. The molecule has 25 heavy (non-hydrogen) atoms. The normalized spacial score (nSPS) is 12.2. The highest BCUT2D eigenvalue weighted by Gasteiger charge is 2.26. The molecular weight excluding hydrogens is 411 g/mol. The maximum atomic E-state index is 12.2. The third-order valence-electron chi connectivity index (χ3n) is 3.17. The number of nitrogens with zero attached hydrogens (tertiary/aromatic N) is 2. The van der Waals surface area contributed by atoms with Crippen LogP contribution < -0.4 is 4.31 Å². The van der Waals surface area contributed by atoms with Gasteiger partial charge in [-0.15, -0.1) is 0 Å². The molecule has 7 nitrogen and oxygen atoms in total. The molecule has 1 heterocycles. The highest BCUT2D eigenvalue weighted by molar-refractivity contribution is 7.92. The Labute approximate surface area is 155 Å². The summed E-state index contributed by atoms with van der Waals surface area (Å²) in [5.74, 6) is -1.17. The Hall–Kier alpha value is -1.55. The Balaban J connectivity index is 2.69. The van der Waals surface area contributed by atoms with Gasteiger partial charge in [-0.25, -0.2) is 26.1 Å². The van der Waals surface area contributed by atoms with Gasteiger partial charge in [0.2, 0.25) is 10.0 Å². The molecule has 2 rings (SSSR count). The largest absolute Gasteiger partial charge is 0.504 e. The lowest BCUT2D eigenvalue weighted by atomic mass is 10.3. The molecular formula is C14H14Cl2N2O5S2. The molecule has 0 spiro atoms. The molecule has 0 bridgehead atoms. The molecule has 1 aromatic carbocycles. The Morgan fingerprint density at radius 2 is 1.64 bits per heavy atom. The van der Waals surface area contributed by atoms with Gasteiger partial charge in [0, 0.05) is 22.3 Å². The maximum absolute atomic E-state index is 12.2. The van der Waals surface area contributed by atoms with E-state index in [1.165, 1.54) is 25.1 Å². The molecule has 0 aliphatic heterocycles. The van der Waals surface area contributed by atoms with E-state index < -0.39 is 25.6 Å². The minimum Gasteiger partial charge on any atom is -0.504 e. The Kier molecular flexibility index (Phi) is 5.53. The average molecular weight is 425 g/mol. The van der Waals surface area contributed by atoms with Crippen molar-refractivity contribution < 1.29 is 21.9 Å². The van der Waals surface area contributed by atoms with Gasteiger partial charge in [0.05, 0.1) is 22.6 Å². The first-order chi connectivity index (χ1) is 11.5. The van der Waals surface area contributed by atoms with E-state index in [0.29, 0.717) is 0 Å². The maximum Gasteiger partial charge on any atom is 0.237 e. The number of halogens is 2. The minimum absolute atomic E-state index is 0.0499. The van der Waals surface area contributed by atoms with Crippen LogP contribution in [0.2, 0.25) is 10.0 Å². The van der Waals surface area contributed by atoms with Crippen molar-refractivity contribution in [3.8, 4) is 5.75 Å². The third-order valence-corrected chi connectivity index (χ3v) is 6.35. The summed E-state index contributed by atoms with van der Waals surface area (Å²) in [6, 6.07) is 5.02. The van der Waals surface area contributed by atoms with Gasteiger partial charge in [-0.05, 0) is 18.2 Å². The SMILES string of the molecule is CCS(=O)(=O)c1cnc(N(c2cc(Cl)cc(Cl)c2)S(C)(=O)=O)c(O)c1. The molecule has 0 aliphatic carbocycles. The third kappa shape index (κ3) is 4.35. The summed E-state index contributed by atoms with van der Waals surface area (Å²) in [7, 11) is -7.55. The predicted octanol–water partition coefficient (Wildman–Crippen LogP) is 2.99. The molecule has 1 aromatic heterocycles. The quantitative estimate of drug-likeness (QED) is 0.790. The van der Waals surface area contributed by atoms with E-state index in [1.54, 1.807) is 0 Å². The summed E-state index contributed by atoms with van der Waals surface area (Å²) in [4.78, 5) is 3.61. The molecule has 1 N–H and O–H groups in total. The van der Waals surface area contributed by atoms with Crippen molar-refractivity contribution in [2.24, 2.45) is 0 Å². The zero-order valence-corrected chi connectivity index (χ0v) is 16.3. The van der Waals surface area contributed by atoms with Crippen molar-refractivity contribution in [2.45, 2.75) is 11.8 Å². The first-order valence-electron chi connectivity index (χ1n) is 6.84. The van der Waals surface area contributed by atoms with Gasteiger partial charge >= 0.3 is 0 Å². The van der Waals surface area contributed by atoms with Crippen molar-refractivity contribution >= 4 is 54.6 Å². The molecule has 0 unspecified atom stereocenters. The van der Waals surface area contributed by atoms with E-state index in [1.807, 2.05) is 0 Å². The monoisotopic (exact) mass is 424 g/mol. The first kappa shape index (κ1) is 19.8. The van der Waals surface area contributed by atoms with Crippen LogP contribution in [0.25, 0.3) is 0 Å². The number of pyridine rings is 1. The standard InChI is InChI=1S/C14H14Cl2N2O5S2/c1-3-25(22,23)12-7-13(19)14(17-8-12)18(24(2,20)21)11-5-9(15)4-10(16)6-11/h4-8,19H,3H2,1-2H3. The van der Waals surface area contributed by atoms with Crippen LogP contribution in [-0.4, -0.2) is 38.9 Å². The molecule has 0 fully saturated rings. The van der Waals surface area contributed by atoms with Crippen LogP contribution in [-0.2, 0) is 19.9 Å². The van der Waals surface area contributed by atoms with Crippen LogP contribution in [0.3, 0.4) is 0 Å². The number of benzene rings is 1. The van der Waals surface area contributed by atoms with Crippen molar-refractivity contribution in [3.05, 3.63) is 40.5 Å². The lowest BCUT2D eigenvalue weighted by Crippen LogP contribution is -2.25. The second-order valence-electron chi connectivity index (χ2n) is 5.07. The van der Waals surface area contributed by atoms with E-state index >= 15 is 0 Å². The lowest BCUT2D eigenvalue weighted by Gasteiger charge is -2.22. The summed E-state index contributed by atoms with van der Waals surface area (Å²) in [6.45, 7) is 1.44. The van der Waals surface area contributed by atoms with E-state index in [0.717, 1.165) is 22.8 Å². The number of sulfone groups is 1. The fraction of sp³-hybridized carbons (Fsp3) is 0.214. The van der Waals surface area contributed by atoms with Gasteiger partial charge in [-0.3, -0.25) is 0 Å². The lowest BCUT2D eigenvalue weighted by molar-refractivity contribution is 0.471. The Bertz CT molecular complexity index is 1000. The van der Waals surface area contributed by atoms with E-state index in [4.69, 9.17) is 23.2 Å². The molecule has 2 aromatic rings. The second-order valence-corrected chi connectivity index (χ2v) is 10.1. The Morgan fingerprint density at radius 3 is 2.08 bits per heavy atom. The van der Waals surface area contributed by atoms with Crippen LogP contribution in [0.1, 0.15) is 6.92 Å². The first-order valence-corrected chi connectivity index (χ1v) is 11.1. The molecule has 136 valence electrons. The van der Waals surface area contributed by atoms with E-state index in [9.17, 15) is 21.9 Å². The highest BCUT2D eigenvalue weighted by atomic mass is 35.5. The van der Waals surface area contributed by atoms with Crippen LogP contribution in [0.15, 0.2) is 35.4 Å². The summed E-state index contributed by atoms with van der Waals surface area (Å²) in [6.07, 6.45) is 1.89. The van der Waals surface area contributed by atoms with Crippen molar-refractivity contribution in [3.63, 3.8) is 0 Å². The van der Waals surface area contributed by atoms with Crippen LogP contribution in [0.4, 0.5) is 11.5 Å².